The maximum Gasteiger partial charge on any atom is 0.257 e. The number of rotatable bonds is 7. The topological polar surface area (TPSA) is 72.5 Å². The molecule has 0 aliphatic rings. The number of carbonyl (C=O) groups excluding carboxylic acids is 1. The minimum atomic E-state index is -3.24. The monoisotopic (exact) mass is 417 g/mol. The van der Waals surface area contributed by atoms with E-state index in [4.69, 9.17) is 4.74 Å². The molecule has 0 saturated carbocycles. The van der Waals surface area contributed by atoms with E-state index in [0.717, 1.165) is 12.7 Å². The van der Waals surface area contributed by atoms with Gasteiger partial charge in [0.25, 0.3) is 5.91 Å². The molecule has 2 rings (SSSR count). The molecule has 0 radical (unpaired) electrons. The molecule has 0 atom stereocenters. The molecular weight excluding hydrogens is 386 g/mol. The molecule has 0 aliphatic heterocycles. The minimum absolute atomic E-state index is 0.110. The van der Waals surface area contributed by atoms with Gasteiger partial charge in [-0.1, -0.05) is 32.9 Å². The molecule has 0 fully saturated rings. The Bertz CT molecular complexity index is 948. The van der Waals surface area contributed by atoms with Crippen molar-refractivity contribution >= 4 is 15.7 Å². The van der Waals surface area contributed by atoms with Crippen molar-refractivity contribution in [2.24, 2.45) is 0 Å². The van der Waals surface area contributed by atoms with Crippen molar-refractivity contribution in [3.05, 3.63) is 58.7 Å². The SMILES string of the molecule is Cc1cc(C(C)(C)C)cc(C)c1CCNC(=O)COc1ccc(S(C)(=O)=O)cc1. The van der Waals surface area contributed by atoms with Crippen LogP contribution in [0.3, 0.4) is 0 Å². The van der Waals surface area contributed by atoms with Crippen LogP contribution in [-0.2, 0) is 26.5 Å². The summed E-state index contributed by atoms with van der Waals surface area (Å²) in [5.74, 6) is 0.246. The highest BCUT2D eigenvalue weighted by molar-refractivity contribution is 7.90. The van der Waals surface area contributed by atoms with E-state index in [0.29, 0.717) is 12.3 Å². The van der Waals surface area contributed by atoms with Crippen LogP contribution >= 0.6 is 0 Å². The lowest BCUT2D eigenvalue weighted by Crippen LogP contribution is -2.30. The second-order valence-corrected chi connectivity index (χ2v) is 10.5. The number of carbonyl (C=O) groups is 1. The number of ether oxygens (including phenoxy) is 1. The molecule has 29 heavy (non-hydrogen) atoms. The fraction of sp³-hybridized carbons (Fsp3) is 0.435. The summed E-state index contributed by atoms with van der Waals surface area (Å²) in [4.78, 5) is 12.3. The molecule has 2 aromatic carbocycles. The van der Waals surface area contributed by atoms with Crippen molar-refractivity contribution in [3.8, 4) is 5.75 Å². The summed E-state index contributed by atoms with van der Waals surface area (Å²) in [5, 5.41) is 2.88. The highest BCUT2D eigenvalue weighted by Gasteiger charge is 2.16. The van der Waals surface area contributed by atoms with Gasteiger partial charge in [0.15, 0.2) is 16.4 Å². The molecular formula is C23H31NO4S. The summed E-state index contributed by atoms with van der Waals surface area (Å²) in [7, 11) is -3.24. The van der Waals surface area contributed by atoms with E-state index in [9.17, 15) is 13.2 Å². The van der Waals surface area contributed by atoms with Gasteiger partial charge in [-0.3, -0.25) is 4.79 Å². The molecule has 1 N–H and O–H groups in total. The Hall–Kier alpha value is -2.34. The van der Waals surface area contributed by atoms with E-state index < -0.39 is 9.84 Å². The van der Waals surface area contributed by atoms with Crippen molar-refractivity contribution in [2.75, 3.05) is 19.4 Å². The zero-order chi connectivity index (χ0) is 21.8. The molecule has 0 aliphatic carbocycles. The largest absolute Gasteiger partial charge is 0.484 e. The number of hydrogen-bond acceptors (Lipinski definition) is 4. The zero-order valence-corrected chi connectivity index (χ0v) is 18.9. The van der Waals surface area contributed by atoms with Gasteiger partial charge in [-0.05, 0) is 72.2 Å². The van der Waals surface area contributed by atoms with E-state index in [1.165, 1.54) is 34.4 Å². The Kier molecular flexibility index (Phi) is 7.11. The van der Waals surface area contributed by atoms with Crippen molar-refractivity contribution in [1.29, 1.82) is 0 Å². The van der Waals surface area contributed by atoms with Crippen LogP contribution in [-0.4, -0.2) is 33.7 Å². The summed E-state index contributed by atoms with van der Waals surface area (Å²) < 4.78 is 28.3. The van der Waals surface area contributed by atoms with Crippen LogP contribution in [0.15, 0.2) is 41.3 Å². The van der Waals surface area contributed by atoms with Gasteiger partial charge in [-0.15, -0.1) is 0 Å². The van der Waals surface area contributed by atoms with Gasteiger partial charge in [0, 0.05) is 12.8 Å². The zero-order valence-electron chi connectivity index (χ0n) is 18.1. The lowest BCUT2D eigenvalue weighted by molar-refractivity contribution is -0.123. The summed E-state index contributed by atoms with van der Waals surface area (Å²) in [6.07, 6.45) is 1.91. The van der Waals surface area contributed by atoms with Gasteiger partial charge in [-0.25, -0.2) is 8.42 Å². The second-order valence-electron chi connectivity index (χ2n) is 8.47. The number of amides is 1. The summed E-state index contributed by atoms with van der Waals surface area (Å²) >= 11 is 0. The van der Waals surface area contributed by atoms with Crippen LogP contribution in [0.25, 0.3) is 0 Å². The molecule has 0 spiro atoms. The van der Waals surface area contributed by atoms with E-state index >= 15 is 0 Å². The van der Waals surface area contributed by atoms with Gasteiger partial charge < -0.3 is 10.1 Å². The summed E-state index contributed by atoms with van der Waals surface area (Å²) in [6, 6.07) is 10.5. The molecule has 0 unspecified atom stereocenters. The van der Waals surface area contributed by atoms with Crippen LogP contribution in [0.2, 0.25) is 0 Å². The molecule has 0 heterocycles. The molecule has 5 nitrogen and oxygen atoms in total. The maximum atomic E-state index is 12.1. The first-order chi connectivity index (χ1) is 13.4. The predicted octanol–water partition coefficient (Wildman–Crippen LogP) is 3.74. The van der Waals surface area contributed by atoms with Crippen LogP contribution in [0.5, 0.6) is 5.75 Å². The number of hydrogen-bond donors (Lipinski definition) is 1. The molecule has 0 saturated heterocycles. The van der Waals surface area contributed by atoms with E-state index in [1.54, 1.807) is 12.1 Å². The fourth-order valence-electron chi connectivity index (χ4n) is 3.13. The molecule has 158 valence electrons. The highest BCUT2D eigenvalue weighted by atomic mass is 32.2. The number of nitrogens with one attached hydrogen (secondary N) is 1. The molecule has 1 amide bonds. The lowest BCUT2D eigenvalue weighted by Gasteiger charge is -2.22. The Morgan fingerprint density at radius 1 is 1.03 bits per heavy atom. The minimum Gasteiger partial charge on any atom is -0.484 e. The second kappa shape index (κ2) is 8.99. The van der Waals surface area contributed by atoms with Crippen molar-refractivity contribution in [3.63, 3.8) is 0 Å². The fourth-order valence-corrected chi connectivity index (χ4v) is 3.76. The third-order valence-electron chi connectivity index (χ3n) is 4.88. The normalized spacial score (nSPS) is 11.9. The lowest BCUT2D eigenvalue weighted by atomic mass is 9.83. The van der Waals surface area contributed by atoms with E-state index in [1.807, 2.05) is 0 Å². The van der Waals surface area contributed by atoms with Crippen LogP contribution in [0.1, 0.15) is 43.0 Å². The Morgan fingerprint density at radius 2 is 1.59 bits per heavy atom. The Balaban J connectivity index is 1.86. The van der Waals surface area contributed by atoms with Gasteiger partial charge in [-0.2, -0.15) is 0 Å². The van der Waals surface area contributed by atoms with E-state index in [2.05, 4.69) is 52.1 Å². The Morgan fingerprint density at radius 3 is 2.07 bits per heavy atom. The third kappa shape index (κ3) is 6.60. The van der Waals surface area contributed by atoms with Crippen molar-refractivity contribution in [2.45, 2.75) is 51.3 Å². The number of aryl methyl sites for hydroxylation is 2. The van der Waals surface area contributed by atoms with Crippen molar-refractivity contribution < 1.29 is 17.9 Å². The average molecular weight is 418 g/mol. The molecule has 0 bridgehead atoms. The molecule has 0 aromatic heterocycles. The maximum absolute atomic E-state index is 12.1. The number of benzene rings is 2. The van der Waals surface area contributed by atoms with Gasteiger partial charge in [0.1, 0.15) is 5.75 Å². The van der Waals surface area contributed by atoms with Crippen molar-refractivity contribution in [1.82, 2.24) is 5.32 Å². The van der Waals surface area contributed by atoms with E-state index in [-0.39, 0.29) is 22.8 Å². The smallest absolute Gasteiger partial charge is 0.257 e. The first-order valence-corrected chi connectivity index (χ1v) is 11.6. The molecule has 2 aromatic rings. The van der Waals surface area contributed by atoms with Crippen LogP contribution < -0.4 is 10.1 Å². The van der Waals surface area contributed by atoms with Crippen LogP contribution in [0, 0.1) is 13.8 Å². The van der Waals surface area contributed by atoms with Gasteiger partial charge in [0.2, 0.25) is 0 Å². The Labute approximate surface area is 174 Å². The molecule has 6 heteroatoms. The predicted molar refractivity (Wildman–Crippen MR) is 116 cm³/mol. The van der Waals surface area contributed by atoms with Gasteiger partial charge in [0.05, 0.1) is 4.90 Å². The van der Waals surface area contributed by atoms with Crippen LogP contribution in [0.4, 0.5) is 0 Å². The standard InChI is InChI=1S/C23H31NO4S/c1-16-13-18(23(3,4)5)14-17(2)21(16)11-12-24-22(25)15-28-19-7-9-20(10-8-19)29(6,26)27/h7-10,13-14H,11-12,15H2,1-6H3,(H,24,25). The quantitative estimate of drug-likeness (QED) is 0.745. The number of sulfone groups is 1. The highest BCUT2D eigenvalue weighted by Crippen LogP contribution is 2.27. The first-order valence-electron chi connectivity index (χ1n) is 9.68. The third-order valence-corrected chi connectivity index (χ3v) is 6.01. The summed E-state index contributed by atoms with van der Waals surface area (Å²) in [5.41, 5.74) is 5.17. The first kappa shape index (κ1) is 22.9. The average Bonchev–Trinajstić information content (AvgIpc) is 2.61. The summed E-state index contributed by atoms with van der Waals surface area (Å²) in [6.45, 7) is 11.3. The van der Waals surface area contributed by atoms with Gasteiger partial charge >= 0.3 is 0 Å².